The van der Waals surface area contributed by atoms with Crippen LogP contribution >= 0.6 is 11.3 Å². The third kappa shape index (κ3) is 6.10. The fraction of sp³-hybridized carbons (Fsp3) is 0.219. The van der Waals surface area contributed by atoms with E-state index in [1.54, 1.807) is 43.7 Å². The average Bonchev–Trinajstić information content (AvgIpc) is 3.30. The maximum atomic E-state index is 13.9. The first-order chi connectivity index (χ1) is 20.0. The number of hydrogen-bond acceptors (Lipinski definition) is 8. The molecule has 0 unspecified atom stereocenters. The quantitative estimate of drug-likeness (QED) is 0.209. The molecule has 3 aromatic carbocycles. The summed E-state index contributed by atoms with van der Waals surface area (Å²) in [6, 6.07) is 23.7. The highest BCUT2D eigenvalue weighted by molar-refractivity contribution is 7.07. The van der Waals surface area contributed by atoms with E-state index in [2.05, 4.69) is 4.99 Å². The van der Waals surface area contributed by atoms with Gasteiger partial charge >= 0.3 is 5.97 Å². The maximum Gasteiger partial charge on any atom is 0.338 e. The van der Waals surface area contributed by atoms with Gasteiger partial charge in [-0.05, 0) is 55.8 Å². The van der Waals surface area contributed by atoms with Gasteiger partial charge < -0.3 is 18.9 Å². The predicted molar refractivity (Wildman–Crippen MR) is 157 cm³/mol. The molecule has 0 saturated heterocycles. The smallest absolute Gasteiger partial charge is 0.338 e. The largest absolute Gasteiger partial charge is 0.497 e. The number of ether oxygens (including phenoxy) is 4. The zero-order chi connectivity index (χ0) is 28.8. The van der Waals surface area contributed by atoms with Gasteiger partial charge in [0.25, 0.3) is 5.56 Å². The lowest BCUT2D eigenvalue weighted by Crippen LogP contribution is -2.39. The first kappa shape index (κ1) is 27.9. The molecule has 1 aromatic heterocycles. The summed E-state index contributed by atoms with van der Waals surface area (Å²) in [5.41, 5.74) is 2.08. The molecular formula is C32H30N2O6S. The van der Waals surface area contributed by atoms with Crippen molar-refractivity contribution in [3.8, 4) is 17.2 Å². The van der Waals surface area contributed by atoms with Gasteiger partial charge in [-0.1, -0.05) is 59.9 Å². The third-order valence-electron chi connectivity index (χ3n) is 6.51. The summed E-state index contributed by atoms with van der Waals surface area (Å²) in [6.07, 6.45) is 1.80. The highest BCUT2D eigenvalue weighted by Crippen LogP contribution is 2.31. The van der Waals surface area contributed by atoms with Crippen molar-refractivity contribution in [2.75, 3.05) is 26.9 Å². The van der Waals surface area contributed by atoms with Crippen LogP contribution in [0.15, 0.2) is 99.9 Å². The van der Waals surface area contributed by atoms with Crippen molar-refractivity contribution in [1.29, 1.82) is 0 Å². The SMILES string of the molecule is CCOC(=O)C1=C(C)N=c2s/c(=C/c3ccccc3OCCOc3ccccc3)c(=O)n2[C@@H]1c1ccc(OC)cc1. The van der Waals surface area contributed by atoms with Crippen molar-refractivity contribution in [3.05, 3.63) is 121 Å². The van der Waals surface area contributed by atoms with Gasteiger partial charge in [0.1, 0.15) is 30.5 Å². The summed E-state index contributed by atoms with van der Waals surface area (Å²) in [7, 11) is 1.59. The zero-order valence-corrected chi connectivity index (χ0v) is 23.9. The molecule has 0 bridgehead atoms. The Morgan fingerprint density at radius 2 is 1.66 bits per heavy atom. The fourth-order valence-electron chi connectivity index (χ4n) is 4.59. The second kappa shape index (κ2) is 12.7. The summed E-state index contributed by atoms with van der Waals surface area (Å²) in [6.45, 7) is 4.43. The lowest BCUT2D eigenvalue weighted by atomic mass is 9.96. The number of methoxy groups -OCH3 is 1. The molecule has 0 radical (unpaired) electrons. The average molecular weight is 571 g/mol. The Morgan fingerprint density at radius 3 is 2.39 bits per heavy atom. The van der Waals surface area contributed by atoms with E-state index in [0.717, 1.165) is 16.9 Å². The Labute approximate surface area is 241 Å². The molecule has 1 aliphatic heterocycles. The van der Waals surface area contributed by atoms with Crippen molar-refractivity contribution in [1.82, 2.24) is 4.57 Å². The van der Waals surface area contributed by atoms with Crippen molar-refractivity contribution < 1.29 is 23.7 Å². The highest BCUT2D eigenvalue weighted by atomic mass is 32.1. The lowest BCUT2D eigenvalue weighted by molar-refractivity contribution is -0.139. The Bertz CT molecular complexity index is 1740. The van der Waals surface area contributed by atoms with Crippen LogP contribution in [0, 0.1) is 0 Å². The number of carbonyl (C=O) groups excluding carboxylic acids is 1. The van der Waals surface area contributed by atoms with Crippen LogP contribution in [-0.2, 0) is 9.53 Å². The molecule has 0 saturated carbocycles. The molecule has 5 rings (SSSR count). The number of allylic oxidation sites excluding steroid dienone is 1. The lowest BCUT2D eigenvalue weighted by Gasteiger charge is -2.24. The van der Waals surface area contributed by atoms with Gasteiger partial charge in [0, 0.05) is 5.56 Å². The Balaban J connectivity index is 1.50. The van der Waals surface area contributed by atoms with Crippen LogP contribution in [0.4, 0.5) is 0 Å². The maximum absolute atomic E-state index is 13.9. The van der Waals surface area contributed by atoms with Crippen molar-refractivity contribution in [2.45, 2.75) is 19.9 Å². The van der Waals surface area contributed by atoms with Gasteiger partial charge in [-0.25, -0.2) is 9.79 Å². The van der Waals surface area contributed by atoms with Gasteiger partial charge in [0.05, 0.1) is 35.6 Å². The van der Waals surface area contributed by atoms with Gasteiger partial charge in [0.2, 0.25) is 0 Å². The first-order valence-electron chi connectivity index (χ1n) is 13.2. The molecule has 41 heavy (non-hydrogen) atoms. The summed E-state index contributed by atoms with van der Waals surface area (Å²) in [4.78, 5) is 32.1. The van der Waals surface area contributed by atoms with Gasteiger partial charge in [-0.2, -0.15) is 0 Å². The topological polar surface area (TPSA) is 88.4 Å². The minimum absolute atomic E-state index is 0.211. The highest BCUT2D eigenvalue weighted by Gasteiger charge is 2.33. The Morgan fingerprint density at radius 1 is 0.951 bits per heavy atom. The summed E-state index contributed by atoms with van der Waals surface area (Å²) < 4.78 is 24.5. The second-order valence-electron chi connectivity index (χ2n) is 9.12. The molecule has 1 atom stereocenters. The normalized spacial score (nSPS) is 14.7. The number of hydrogen-bond donors (Lipinski definition) is 0. The second-order valence-corrected chi connectivity index (χ2v) is 10.1. The molecule has 1 aliphatic rings. The standard InChI is InChI=1S/C32H30N2O6S/c1-4-38-31(36)28-21(2)33-32-34(29(28)22-14-16-24(37-3)17-15-22)30(35)27(41-32)20-23-10-8-9-13-26(23)40-19-18-39-25-11-6-5-7-12-25/h5-17,20,29H,4,18-19H2,1-3H3/b27-20+/t29-/m1/s1. The van der Waals surface area contributed by atoms with Crippen molar-refractivity contribution >= 4 is 23.4 Å². The van der Waals surface area contributed by atoms with E-state index in [0.29, 0.717) is 45.3 Å². The van der Waals surface area contributed by atoms with E-state index in [1.807, 2.05) is 66.7 Å². The number of benzene rings is 3. The fourth-order valence-corrected chi connectivity index (χ4v) is 5.63. The van der Waals surface area contributed by atoms with Crippen LogP contribution in [0.2, 0.25) is 0 Å². The summed E-state index contributed by atoms with van der Waals surface area (Å²) in [5, 5.41) is 0. The number of thiazole rings is 1. The molecule has 0 fully saturated rings. The molecule has 0 amide bonds. The van der Waals surface area contributed by atoms with Crippen LogP contribution in [0.25, 0.3) is 6.08 Å². The molecule has 210 valence electrons. The number of esters is 1. The van der Waals surface area contributed by atoms with Crippen molar-refractivity contribution in [3.63, 3.8) is 0 Å². The Kier molecular flexibility index (Phi) is 8.64. The molecule has 0 spiro atoms. The third-order valence-corrected chi connectivity index (χ3v) is 7.49. The Hall–Kier alpha value is -4.63. The zero-order valence-electron chi connectivity index (χ0n) is 23.0. The number of para-hydroxylation sites is 2. The number of rotatable bonds is 10. The number of nitrogens with zero attached hydrogens (tertiary/aromatic N) is 2. The van der Waals surface area contributed by atoms with Crippen LogP contribution in [0.1, 0.15) is 31.0 Å². The first-order valence-corrected chi connectivity index (χ1v) is 14.0. The summed E-state index contributed by atoms with van der Waals surface area (Å²) >= 11 is 1.27. The van der Waals surface area contributed by atoms with E-state index in [4.69, 9.17) is 18.9 Å². The van der Waals surface area contributed by atoms with Crippen LogP contribution < -0.4 is 29.1 Å². The van der Waals surface area contributed by atoms with E-state index in [1.165, 1.54) is 11.3 Å². The summed E-state index contributed by atoms with van der Waals surface area (Å²) in [5.74, 6) is 1.57. The van der Waals surface area contributed by atoms with Gasteiger partial charge in [0.15, 0.2) is 4.80 Å². The minimum atomic E-state index is -0.694. The van der Waals surface area contributed by atoms with E-state index in [-0.39, 0.29) is 12.2 Å². The number of aromatic nitrogens is 1. The van der Waals surface area contributed by atoms with Crippen LogP contribution in [0.3, 0.4) is 0 Å². The molecule has 0 aliphatic carbocycles. The predicted octanol–water partition coefficient (Wildman–Crippen LogP) is 4.26. The van der Waals surface area contributed by atoms with E-state index in [9.17, 15) is 9.59 Å². The molecule has 0 N–H and O–H groups in total. The van der Waals surface area contributed by atoms with E-state index >= 15 is 0 Å². The van der Waals surface area contributed by atoms with E-state index < -0.39 is 12.0 Å². The molecule has 2 heterocycles. The number of fused-ring (bicyclic) bond motifs is 1. The molecule has 8 nitrogen and oxygen atoms in total. The minimum Gasteiger partial charge on any atom is -0.497 e. The van der Waals surface area contributed by atoms with Crippen LogP contribution in [-0.4, -0.2) is 37.5 Å². The number of carbonyl (C=O) groups is 1. The van der Waals surface area contributed by atoms with Crippen LogP contribution in [0.5, 0.6) is 17.2 Å². The molecule has 4 aromatic rings. The van der Waals surface area contributed by atoms with Crippen molar-refractivity contribution in [2.24, 2.45) is 4.99 Å². The molecule has 9 heteroatoms. The van der Waals surface area contributed by atoms with Gasteiger partial charge in [-0.3, -0.25) is 9.36 Å². The molecular weight excluding hydrogens is 540 g/mol. The van der Waals surface area contributed by atoms with Gasteiger partial charge in [-0.15, -0.1) is 0 Å². The monoisotopic (exact) mass is 570 g/mol.